The summed E-state index contributed by atoms with van der Waals surface area (Å²) < 4.78 is 32.8. The Labute approximate surface area is 150 Å². The lowest BCUT2D eigenvalue weighted by molar-refractivity contribution is -0.117. The minimum atomic E-state index is -3.49. The molecule has 134 valence electrons. The molecule has 0 aromatic carbocycles. The lowest BCUT2D eigenvalue weighted by atomic mass is 9.96. The predicted octanol–water partition coefficient (Wildman–Crippen LogP) is 2.12. The van der Waals surface area contributed by atoms with Crippen LogP contribution in [0.5, 0.6) is 0 Å². The number of anilines is 1. The SMILES string of the molecule is CS(=O)(=O)OCCc1ncc(Br)cc1NC(=O)CC1CCOCC1. The van der Waals surface area contributed by atoms with E-state index in [1.807, 2.05) is 0 Å². The molecule has 9 heteroatoms. The second-order valence-corrected chi connectivity index (χ2v) is 8.29. The first-order chi connectivity index (χ1) is 11.3. The van der Waals surface area contributed by atoms with Crippen LogP contribution < -0.4 is 5.32 Å². The lowest BCUT2D eigenvalue weighted by Gasteiger charge is -2.21. The summed E-state index contributed by atoms with van der Waals surface area (Å²) in [6, 6.07) is 1.75. The van der Waals surface area contributed by atoms with Gasteiger partial charge in [-0.05, 0) is 40.8 Å². The molecule has 7 nitrogen and oxygen atoms in total. The van der Waals surface area contributed by atoms with Gasteiger partial charge in [0.15, 0.2) is 0 Å². The average Bonchev–Trinajstić information content (AvgIpc) is 2.49. The van der Waals surface area contributed by atoms with Gasteiger partial charge in [0.1, 0.15) is 0 Å². The van der Waals surface area contributed by atoms with Crippen LogP contribution in [0, 0.1) is 5.92 Å². The largest absolute Gasteiger partial charge is 0.381 e. The third-order valence-corrected chi connectivity index (χ3v) is 4.69. The number of nitrogens with zero attached hydrogens (tertiary/aromatic N) is 1. The van der Waals surface area contributed by atoms with Crippen molar-refractivity contribution in [2.45, 2.75) is 25.7 Å². The number of carbonyl (C=O) groups is 1. The molecule has 24 heavy (non-hydrogen) atoms. The third kappa shape index (κ3) is 6.84. The van der Waals surface area contributed by atoms with Gasteiger partial charge < -0.3 is 10.1 Å². The van der Waals surface area contributed by atoms with Crippen LogP contribution in [0.1, 0.15) is 25.0 Å². The number of rotatable bonds is 7. The molecule has 0 atom stereocenters. The molecule has 1 aromatic rings. The maximum atomic E-state index is 12.3. The van der Waals surface area contributed by atoms with Crippen LogP contribution >= 0.6 is 15.9 Å². The summed E-state index contributed by atoms with van der Waals surface area (Å²) in [7, 11) is -3.49. The number of aromatic nitrogens is 1. The van der Waals surface area contributed by atoms with E-state index in [9.17, 15) is 13.2 Å². The van der Waals surface area contributed by atoms with E-state index in [-0.39, 0.29) is 18.9 Å². The highest BCUT2D eigenvalue weighted by Crippen LogP contribution is 2.22. The molecule has 1 N–H and O–H groups in total. The molecule has 0 radical (unpaired) electrons. The van der Waals surface area contributed by atoms with Crippen LogP contribution in [0.15, 0.2) is 16.7 Å². The van der Waals surface area contributed by atoms with Gasteiger partial charge in [0.25, 0.3) is 10.1 Å². The van der Waals surface area contributed by atoms with E-state index in [4.69, 9.17) is 8.92 Å². The summed E-state index contributed by atoms with van der Waals surface area (Å²) in [6.07, 6.45) is 5.10. The van der Waals surface area contributed by atoms with Gasteiger partial charge in [0.2, 0.25) is 5.91 Å². The Hall–Kier alpha value is -1.03. The molecule has 2 rings (SSSR count). The van der Waals surface area contributed by atoms with Crippen LogP contribution in [0.4, 0.5) is 5.69 Å². The average molecular weight is 421 g/mol. The first kappa shape index (κ1) is 19.3. The number of ether oxygens (including phenoxy) is 1. The van der Waals surface area contributed by atoms with Crippen LogP contribution in [0.3, 0.4) is 0 Å². The molecule has 2 heterocycles. The second kappa shape index (κ2) is 8.89. The Bertz CT molecular complexity index is 674. The fourth-order valence-electron chi connectivity index (χ4n) is 2.48. The summed E-state index contributed by atoms with van der Waals surface area (Å²) in [5, 5.41) is 2.87. The summed E-state index contributed by atoms with van der Waals surface area (Å²) in [6.45, 7) is 1.38. The van der Waals surface area contributed by atoms with E-state index in [2.05, 4.69) is 26.2 Å². The van der Waals surface area contributed by atoms with Gasteiger partial charge in [0.05, 0.1) is 24.2 Å². The fourth-order valence-corrected chi connectivity index (χ4v) is 3.20. The molecule has 0 spiro atoms. The van der Waals surface area contributed by atoms with E-state index >= 15 is 0 Å². The van der Waals surface area contributed by atoms with Crippen molar-refractivity contribution in [2.24, 2.45) is 5.92 Å². The molecule has 0 aliphatic carbocycles. The first-order valence-electron chi connectivity index (χ1n) is 7.70. The first-order valence-corrected chi connectivity index (χ1v) is 10.3. The molecule has 1 aliphatic heterocycles. The van der Waals surface area contributed by atoms with Crippen LogP contribution in [-0.2, 0) is 30.3 Å². The zero-order valence-electron chi connectivity index (χ0n) is 13.5. The normalized spacial score (nSPS) is 16.1. The summed E-state index contributed by atoms with van der Waals surface area (Å²) in [5.74, 6) is 0.253. The molecule has 0 bridgehead atoms. The van der Waals surface area contributed by atoms with Crippen LogP contribution in [0.2, 0.25) is 0 Å². The number of amides is 1. The number of pyridine rings is 1. The topological polar surface area (TPSA) is 94.6 Å². The van der Waals surface area contributed by atoms with Crippen molar-refractivity contribution in [2.75, 3.05) is 31.4 Å². The lowest BCUT2D eigenvalue weighted by Crippen LogP contribution is -2.23. The van der Waals surface area contributed by atoms with Crippen molar-refractivity contribution in [3.63, 3.8) is 0 Å². The molecule has 0 saturated carbocycles. The Morgan fingerprint density at radius 1 is 1.46 bits per heavy atom. The van der Waals surface area contributed by atoms with E-state index in [0.29, 0.717) is 36.9 Å². The third-order valence-electron chi connectivity index (χ3n) is 3.66. The van der Waals surface area contributed by atoms with Crippen LogP contribution in [-0.4, -0.2) is 45.4 Å². The van der Waals surface area contributed by atoms with E-state index in [1.54, 1.807) is 12.3 Å². The summed E-state index contributed by atoms with van der Waals surface area (Å²) in [4.78, 5) is 16.5. The van der Waals surface area contributed by atoms with Gasteiger partial charge in [-0.15, -0.1) is 0 Å². The maximum absolute atomic E-state index is 12.3. The van der Waals surface area contributed by atoms with Crippen molar-refractivity contribution < 1.29 is 22.1 Å². The summed E-state index contributed by atoms with van der Waals surface area (Å²) >= 11 is 3.33. The van der Waals surface area contributed by atoms with Gasteiger partial charge in [-0.1, -0.05) is 0 Å². The number of carbonyl (C=O) groups excluding carboxylic acids is 1. The molecule has 1 aromatic heterocycles. The molecular formula is C15H21BrN2O5S. The summed E-state index contributed by atoms with van der Waals surface area (Å²) in [5.41, 5.74) is 1.15. The van der Waals surface area contributed by atoms with E-state index < -0.39 is 10.1 Å². The highest BCUT2D eigenvalue weighted by molar-refractivity contribution is 9.10. The molecule has 1 amide bonds. The standard InChI is InChI=1S/C15H21BrN2O5S/c1-24(20,21)23-7-4-13-14(9-12(16)10-17-13)18-15(19)8-11-2-5-22-6-3-11/h9-11H,2-8H2,1H3,(H,18,19). The molecular weight excluding hydrogens is 400 g/mol. The monoisotopic (exact) mass is 420 g/mol. The Morgan fingerprint density at radius 3 is 2.83 bits per heavy atom. The predicted molar refractivity (Wildman–Crippen MR) is 93.2 cm³/mol. The molecule has 1 aliphatic rings. The minimum absolute atomic E-state index is 0.0176. The van der Waals surface area contributed by atoms with Crippen molar-refractivity contribution in [3.8, 4) is 0 Å². The van der Waals surface area contributed by atoms with Gasteiger partial charge in [-0.25, -0.2) is 0 Å². The van der Waals surface area contributed by atoms with Crippen LogP contribution in [0.25, 0.3) is 0 Å². The van der Waals surface area contributed by atoms with Crippen molar-refractivity contribution in [1.29, 1.82) is 0 Å². The molecule has 1 fully saturated rings. The smallest absolute Gasteiger partial charge is 0.264 e. The number of hydrogen-bond donors (Lipinski definition) is 1. The van der Waals surface area contributed by atoms with Crippen molar-refractivity contribution in [1.82, 2.24) is 4.98 Å². The minimum Gasteiger partial charge on any atom is -0.381 e. The van der Waals surface area contributed by atoms with Gasteiger partial charge in [0, 0.05) is 36.7 Å². The van der Waals surface area contributed by atoms with E-state index in [0.717, 1.165) is 23.6 Å². The molecule has 0 unspecified atom stereocenters. The Balaban J connectivity index is 1.96. The number of hydrogen-bond acceptors (Lipinski definition) is 6. The van der Waals surface area contributed by atoms with E-state index in [1.165, 1.54) is 0 Å². The zero-order chi connectivity index (χ0) is 17.6. The Morgan fingerprint density at radius 2 is 2.17 bits per heavy atom. The van der Waals surface area contributed by atoms with Gasteiger partial charge in [-0.2, -0.15) is 8.42 Å². The number of nitrogens with one attached hydrogen (secondary N) is 1. The van der Waals surface area contributed by atoms with Gasteiger partial charge in [-0.3, -0.25) is 14.0 Å². The second-order valence-electron chi connectivity index (χ2n) is 5.73. The quantitative estimate of drug-likeness (QED) is 0.678. The fraction of sp³-hybridized carbons (Fsp3) is 0.600. The Kier molecular flexibility index (Phi) is 7.15. The van der Waals surface area contributed by atoms with Crippen molar-refractivity contribution >= 4 is 37.6 Å². The van der Waals surface area contributed by atoms with Crippen molar-refractivity contribution in [3.05, 3.63) is 22.4 Å². The van der Waals surface area contributed by atoms with Gasteiger partial charge >= 0.3 is 0 Å². The molecule has 1 saturated heterocycles. The zero-order valence-corrected chi connectivity index (χ0v) is 15.9. The highest BCUT2D eigenvalue weighted by Gasteiger charge is 2.18. The number of halogens is 1. The maximum Gasteiger partial charge on any atom is 0.264 e. The highest BCUT2D eigenvalue weighted by atomic mass is 79.9.